The van der Waals surface area contributed by atoms with Crippen LogP contribution >= 0.6 is 24.0 Å². The van der Waals surface area contributed by atoms with E-state index in [4.69, 9.17) is 14.2 Å². The van der Waals surface area contributed by atoms with Crippen LogP contribution in [-0.4, -0.2) is 40.9 Å². The summed E-state index contributed by atoms with van der Waals surface area (Å²) in [7, 11) is 6.66. The fourth-order valence-corrected chi connectivity index (χ4v) is 4.37. The minimum Gasteiger partial charge on any atom is -0.493 e. The Hall–Kier alpha value is -2.16. The Labute approximate surface area is 202 Å². The van der Waals surface area contributed by atoms with Gasteiger partial charge in [0.05, 0.1) is 21.3 Å². The molecule has 0 amide bonds. The zero-order chi connectivity index (χ0) is 21.4. The molecule has 0 unspecified atom stereocenters. The highest BCUT2D eigenvalue weighted by Crippen LogP contribution is 2.41. The number of methoxy groups -OCH3 is 3. The number of nitrogens with one attached hydrogen (secondary N) is 2. The van der Waals surface area contributed by atoms with Gasteiger partial charge < -0.3 is 24.8 Å². The molecule has 170 valence electrons. The first kappa shape index (κ1) is 25.1. The molecule has 2 aromatic rings. The van der Waals surface area contributed by atoms with E-state index >= 15 is 0 Å². The number of halogens is 1. The summed E-state index contributed by atoms with van der Waals surface area (Å²) in [5.74, 6) is 2.67. The second-order valence-corrected chi connectivity index (χ2v) is 7.63. The molecule has 1 saturated carbocycles. The lowest BCUT2D eigenvalue weighted by Gasteiger charge is -2.31. The molecule has 31 heavy (non-hydrogen) atoms. The van der Waals surface area contributed by atoms with Crippen LogP contribution in [0, 0.1) is 0 Å². The summed E-state index contributed by atoms with van der Waals surface area (Å²) < 4.78 is 16.4. The average Bonchev–Trinajstić information content (AvgIpc) is 3.29. The average molecular weight is 539 g/mol. The predicted molar refractivity (Wildman–Crippen MR) is 136 cm³/mol. The highest BCUT2D eigenvalue weighted by molar-refractivity contribution is 14.0. The molecule has 0 aromatic heterocycles. The first-order valence-corrected chi connectivity index (χ1v) is 10.5. The van der Waals surface area contributed by atoms with E-state index in [1.54, 1.807) is 28.4 Å². The Morgan fingerprint density at radius 1 is 0.903 bits per heavy atom. The Morgan fingerprint density at radius 2 is 1.58 bits per heavy atom. The van der Waals surface area contributed by atoms with Gasteiger partial charge in [-0.1, -0.05) is 43.2 Å². The number of hydrogen-bond acceptors (Lipinski definition) is 4. The zero-order valence-corrected chi connectivity index (χ0v) is 21.2. The number of aliphatic imine (C=N–C) groups is 1. The maximum atomic E-state index is 5.59. The van der Waals surface area contributed by atoms with Gasteiger partial charge in [-0.3, -0.25) is 4.99 Å². The van der Waals surface area contributed by atoms with Crippen LogP contribution in [0.5, 0.6) is 17.2 Å². The van der Waals surface area contributed by atoms with Gasteiger partial charge in [0.2, 0.25) is 5.75 Å². The van der Waals surface area contributed by atoms with Gasteiger partial charge in [0.1, 0.15) is 0 Å². The van der Waals surface area contributed by atoms with E-state index in [-0.39, 0.29) is 29.4 Å². The monoisotopic (exact) mass is 539 g/mol. The molecule has 2 N–H and O–H groups in total. The van der Waals surface area contributed by atoms with Crippen molar-refractivity contribution in [1.29, 1.82) is 0 Å². The summed E-state index contributed by atoms with van der Waals surface area (Å²) in [6, 6.07) is 14.7. The first-order chi connectivity index (χ1) is 14.7. The molecule has 0 atom stereocenters. The molecule has 2 aromatic carbocycles. The summed E-state index contributed by atoms with van der Waals surface area (Å²) in [6.45, 7) is 1.42. The number of guanidine groups is 1. The maximum absolute atomic E-state index is 5.59. The van der Waals surface area contributed by atoms with Crippen molar-refractivity contribution < 1.29 is 14.2 Å². The van der Waals surface area contributed by atoms with Crippen molar-refractivity contribution in [3.05, 3.63) is 53.6 Å². The third kappa shape index (κ3) is 5.75. The van der Waals surface area contributed by atoms with E-state index < -0.39 is 0 Å². The van der Waals surface area contributed by atoms with Gasteiger partial charge in [-0.25, -0.2) is 0 Å². The molecular formula is C24H34IN3O3. The van der Waals surface area contributed by atoms with Crippen LogP contribution in [0.15, 0.2) is 47.5 Å². The van der Waals surface area contributed by atoms with Crippen molar-refractivity contribution in [2.75, 3.05) is 34.9 Å². The van der Waals surface area contributed by atoms with E-state index in [1.165, 1.54) is 31.2 Å². The van der Waals surface area contributed by atoms with Gasteiger partial charge in [0, 0.05) is 31.1 Å². The summed E-state index contributed by atoms with van der Waals surface area (Å²) >= 11 is 0. The smallest absolute Gasteiger partial charge is 0.203 e. The molecule has 0 aliphatic heterocycles. The van der Waals surface area contributed by atoms with Gasteiger partial charge >= 0.3 is 0 Å². The molecule has 0 radical (unpaired) electrons. The number of benzene rings is 2. The molecule has 0 bridgehead atoms. The van der Waals surface area contributed by atoms with Crippen LogP contribution in [0.2, 0.25) is 0 Å². The normalized spacial score (nSPS) is 15.0. The Balaban J connectivity index is 0.00000341. The standard InChI is InChI=1S/C24H33N3O3.HI/c1-25-23(26-16-18-12-13-20(28-2)22(30-4)21(18)29-3)27-17-24(14-8-9-15-24)19-10-6-5-7-11-19;/h5-7,10-13H,8-9,14-17H2,1-4H3,(H2,25,26,27);1H. The van der Waals surface area contributed by atoms with E-state index in [2.05, 4.69) is 46.0 Å². The SMILES string of the molecule is CN=C(NCc1ccc(OC)c(OC)c1OC)NCC1(c2ccccc2)CCCC1.I. The largest absolute Gasteiger partial charge is 0.493 e. The molecule has 1 aliphatic carbocycles. The van der Waals surface area contributed by atoms with Gasteiger partial charge in [-0.2, -0.15) is 0 Å². The van der Waals surface area contributed by atoms with Crippen molar-refractivity contribution in [2.45, 2.75) is 37.6 Å². The fourth-order valence-electron chi connectivity index (χ4n) is 4.37. The van der Waals surface area contributed by atoms with Crippen LogP contribution < -0.4 is 24.8 Å². The van der Waals surface area contributed by atoms with Crippen molar-refractivity contribution >= 4 is 29.9 Å². The molecule has 0 saturated heterocycles. The van der Waals surface area contributed by atoms with Crippen molar-refractivity contribution in [1.82, 2.24) is 10.6 Å². The second-order valence-electron chi connectivity index (χ2n) is 7.63. The van der Waals surface area contributed by atoms with Crippen LogP contribution in [0.3, 0.4) is 0 Å². The van der Waals surface area contributed by atoms with Crippen LogP contribution in [0.4, 0.5) is 0 Å². The van der Waals surface area contributed by atoms with E-state index in [0.29, 0.717) is 23.8 Å². The quantitative estimate of drug-likeness (QED) is 0.294. The van der Waals surface area contributed by atoms with E-state index in [1.807, 2.05) is 12.1 Å². The predicted octanol–water partition coefficient (Wildman–Crippen LogP) is 4.51. The second kappa shape index (κ2) is 12.0. The number of rotatable bonds is 8. The summed E-state index contributed by atoms with van der Waals surface area (Å²) in [5, 5.41) is 6.96. The Bertz CT molecular complexity index is 853. The van der Waals surface area contributed by atoms with Crippen LogP contribution in [0.1, 0.15) is 36.8 Å². The molecule has 1 aliphatic rings. The van der Waals surface area contributed by atoms with Crippen LogP contribution in [-0.2, 0) is 12.0 Å². The molecule has 6 nitrogen and oxygen atoms in total. The van der Waals surface area contributed by atoms with Gasteiger partial charge in [0.25, 0.3) is 0 Å². The third-order valence-corrected chi connectivity index (χ3v) is 6.00. The summed E-state index contributed by atoms with van der Waals surface area (Å²) in [6.07, 6.45) is 4.94. The molecule has 7 heteroatoms. The van der Waals surface area contributed by atoms with Crippen molar-refractivity contribution in [2.24, 2.45) is 4.99 Å². The lowest BCUT2D eigenvalue weighted by atomic mass is 9.79. The van der Waals surface area contributed by atoms with Gasteiger partial charge in [-0.15, -0.1) is 24.0 Å². The summed E-state index contributed by atoms with van der Waals surface area (Å²) in [5.41, 5.74) is 2.55. The maximum Gasteiger partial charge on any atom is 0.203 e. The van der Waals surface area contributed by atoms with Crippen molar-refractivity contribution in [3.63, 3.8) is 0 Å². The Kier molecular flexibility index (Phi) is 9.74. The highest BCUT2D eigenvalue weighted by atomic mass is 127. The molecule has 1 fully saturated rings. The minimum atomic E-state index is 0. The number of hydrogen-bond donors (Lipinski definition) is 2. The molecule has 0 spiro atoms. The van der Waals surface area contributed by atoms with E-state index in [0.717, 1.165) is 18.1 Å². The lowest BCUT2D eigenvalue weighted by molar-refractivity contribution is 0.322. The third-order valence-electron chi connectivity index (χ3n) is 6.00. The fraction of sp³-hybridized carbons (Fsp3) is 0.458. The highest BCUT2D eigenvalue weighted by Gasteiger charge is 2.35. The van der Waals surface area contributed by atoms with Crippen LogP contribution in [0.25, 0.3) is 0 Å². The number of ether oxygens (including phenoxy) is 3. The topological polar surface area (TPSA) is 64.1 Å². The minimum absolute atomic E-state index is 0. The van der Waals surface area contributed by atoms with Gasteiger partial charge in [-0.05, 0) is 30.5 Å². The molecule has 3 rings (SSSR count). The first-order valence-electron chi connectivity index (χ1n) is 10.5. The molecular weight excluding hydrogens is 505 g/mol. The Morgan fingerprint density at radius 3 is 2.16 bits per heavy atom. The van der Waals surface area contributed by atoms with E-state index in [9.17, 15) is 0 Å². The summed E-state index contributed by atoms with van der Waals surface area (Å²) in [4.78, 5) is 4.42. The van der Waals surface area contributed by atoms with Gasteiger partial charge in [0.15, 0.2) is 17.5 Å². The van der Waals surface area contributed by atoms with Crippen molar-refractivity contribution in [3.8, 4) is 17.2 Å². The number of nitrogens with zero attached hydrogens (tertiary/aromatic N) is 1. The molecule has 0 heterocycles. The zero-order valence-electron chi connectivity index (χ0n) is 18.9. The lowest BCUT2D eigenvalue weighted by Crippen LogP contribution is -2.44.